The number of carbonyl (C=O) groups is 2. The lowest BCUT2D eigenvalue weighted by molar-refractivity contribution is -0.145. The van der Waals surface area contributed by atoms with Crippen LogP contribution in [-0.2, 0) is 14.3 Å². The molecular formula is C21H25NO5. The summed E-state index contributed by atoms with van der Waals surface area (Å²) in [5.74, 6) is 0.262. The second-order valence-corrected chi connectivity index (χ2v) is 7.62. The fourth-order valence-electron chi connectivity index (χ4n) is 3.24. The van der Waals surface area contributed by atoms with Crippen molar-refractivity contribution in [2.24, 2.45) is 0 Å². The van der Waals surface area contributed by atoms with Gasteiger partial charge in [0.05, 0.1) is 13.7 Å². The van der Waals surface area contributed by atoms with Gasteiger partial charge in [0.1, 0.15) is 23.5 Å². The molecule has 0 saturated carbocycles. The molecular weight excluding hydrogens is 346 g/mol. The van der Waals surface area contributed by atoms with Crippen molar-refractivity contribution in [2.45, 2.75) is 44.9 Å². The zero-order chi connectivity index (χ0) is 19.6. The average molecular weight is 371 g/mol. The van der Waals surface area contributed by atoms with Crippen LogP contribution in [0.25, 0.3) is 10.8 Å². The standard InChI is InChI=1S/C21H25NO5/c1-21(2,3)27-20(24)22-13-15(12-17(22)19(23)25-4)26-18-11-7-9-14-8-5-6-10-16(14)18/h5-11,15,17H,12-13H2,1-4H3/t15-,17+/m1/s1. The maximum absolute atomic E-state index is 12.5. The van der Waals surface area contributed by atoms with Gasteiger partial charge < -0.3 is 14.2 Å². The second kappa shape index (κ2) is 7.47. The SMILES string of the molecule is COC(=O)[C@@H]1C[C@@H](Oc2cccc3ccccc23)CN1C(=O)OC(C)(C)C. The smallest absolute Gasteiger partial charge is 0.411 e. The van der Waals surface area contributed by atoms with E-state index in [1.165, 1.54) is 12.0 Å². The molecule has 1 aliphatic heterocycles. The number of fused-ring (bicyclic) bond motifs is 1. The molecule has 2 aromatic carbocycles. The Kier molecular flexibility index (Phi) is 5.26. The number of rotatable bonds is 3. The van der Waals surface area contributed by atoms with Crippen LogP contribution < -0.4 is 4.74 Å². The predicted molar refractivity (Wildman–Crippen MR) is 102 cm³/mol. The largest absolute Gasteiger partial charge is 0.488 e. The molecule has 6 nitrogen and oxygen atoms in total. The van der Waals surface area contributed by atoms with Gasteiger partial charge in [0, 0.05) is 11.8 Å². The Morgan fingerprint density at radius 1 is 1.07 bits per heavy atom. The summed E-state index contributed by atoms with van der Waals surface area (Å²) in [6, 6.07) is 13.0. The molecule has 1 heterocycles. The van der Waals surface area contributed by atoms with Crippen molar-refractivity contribution in [3.63, 3.8) is 0 Å². The molecule has 1 saturated heterocycles. The first-order chi connectivity index (χ1) is 12.8. The highest BCUT2D eigenvalue weighted by atomic mass is 16.6. The van der Waals surface area contributed by atoms with Gasteiger partial charge >= 0.3 is 12.1 Å². The Bertz CT molecular complexity index is 837. The lowest BCUT2D eigenvalue weighted by Gasteiger charge is -2.27. The third kappa shape index (κ3) is 4.32. The minimum absolute atomic E-state index is 0.262. The Balaban J connectivity index is 1.81. The highest BCUT2D eigenvalue weighted by molar-refractivity contribution is 5.88. The number of ether oxygens (including phenoxy) is 3. The summed E-state index contributed by atoms with van der Waals surface area (Å²) in [4.78, 5) is 26.1. The van der Waals surface area contributed by atoms with Crippen LogP contribution in [-0.4, -0.2) is 48.4 Å². The van der Waals surface area contributed by atoms with Gasteiger partial charge in [-0.05, 0) is 32.2 Å². The molecule has 0 bridgehead atoms. The summed E-state index contributed by atoms with van der Waals surface area (Å²) in [6.45, 7) is 5.63. The molecule has 0 radical (unpaired) electrons. The molecule has 1 fully saturated rings. The molecule has 3 rings (SSSR count). The van der Waals surface area contributed by atoms with E-state index in [0.717, 1.165) is 16.5 Å². The van der Waals surface area contributed by atoms with E-state index in [0.29, 0.717) is 6.42 Å². The first kappa shape index (κ1) is 19.0. The summed E-state index contributed by atoms with van der Waals surface area (Å²) in [7, 11) is 1.31. The van der Waals surface area contributed by atoms with Crippen molar-refractivity contribution in [1.82, 2.24) is 4.90 Å². The second-order valence-electron chi connectivity index (χ2n) is 7.62. The van der Waals surface area contributed by atoms with Crippen molar-refractivity contribution in [3.8, 4) is 5.75 Å². The Morgan fingerprint density at radius 2 is 1.78 bits per heavy atom. The zero-order valence-corrected chi connectivity index (χ0v) is 16.1. The van der Waals surface area contributed by atoms with Crippen LogP contribution in [0.15, 0.2) is 42.5 Å². The topological polar surface area (TPSA) is 65.1 Å². The number of methoxy groups -OCH3 is 1. The Hall–Kier alpha value is -2.76. The molecule has 0 spiro atoms. The van der Waals surface area contributed by atoms with Gasteiger partial charge in [-0.2, -0.15) is 0 Å². The van der Waals surface area contributed by atoms with E-state index in [1.54, 1.807) is 20.8 Å². The number of benzene rings is 2. The quantitative estimate of drug-likeness (QED) is 0.769. The van der Waals surface area contributed by atoms with E-state index < -0.39 is 23.7 Å². The van der Waals surface area contributed by atoms with Crippen LogP contribution in [0.3, 0.4) is 0 Å². The summed E-state index contributed by atoms with van der Waals surface area (Å²) >= 11 is 0. The number of esters is 1. The van der Waals surface area contributed by atoms with Crippen molar-refractivity contribution in [2.75, 3.05) is 13.7 Å². The van der Waals surface area contributed by atoms with Gasteiger partial charge in [-0.25, -0.2) is 9.59 Å². The summed E-state index contributed by atoms with van der Waals surface area (Å²) in [6.07, 6.45) is -0.510. The van der Waals surface area contributed by atoms with E-state index in [-0.39, 0.29) is 12.6 Å². The minimum Gasteiger partial charge on any atom is -0.488 e. The molecule has 0 aliphatic carbocycles. The maximum atomic E-state index is 12.5. The predicted octanol–water partition coefficient (Wildman–Crippen LogP) is 3.77. The molecule has 1 aliphatic rings. The van der Waals surface area contributed by atoms with Crippen molar-refractivity contribution < 1.29 is 23.8 Å². The number of amides is 1. The molecule has 6 heteroatoms. The minimum atomic E-state index is -0.718. The third-order valence-electron chi connectivity index (χ3n) is 4.41. The molecule has 2 atom stereocenters. The van der Waals surface area contributed by atoms with Gasteiger partial charge in [-0.1, -0.05) is 36.4 Å². The van der Waals surface area contributed by atoms with E-state index in [9.17, 15) is 9.59 Å². The highest BCUT2D eigenvalue weighted by Crippen LogP contribution is 2.30. The van der Waals surface area contributed by atoms with Gasteiger partial charge in [0.15, 0.2) is 0 Å². The average Bonchev–Trinajstić information content (AvgIpc) is 3.04. The fraction of sp³-hybridized carbons (Fsp3) is 0.429. The van der Waals surface area contributed by atoms with Gasteiger partial charge in [0.25, 0.3) is 0 Å². The van der Waals surface area contributed by atoms with Crippen LogP contribution >= 0.6 is 0 Å². The number of hydrogen-bond donors (Lipinski definition) is 0. The van der Waals surface area contributed by atoms with Crippen LogP contribution in [0, 0.1) is 0 Å². The Labute approximate surface area is 159 Å². The molecule has 27 heavy (non-hydrogen) atoms. The van der Waals surface area contributed by atoms with Crippen LogP contribution in [0.1, 0.15) is 27.2 Å². The number of hydrogen-bond acceptors (Lipinski definition) is 5. The third-order valence-corrected chi connectivity index (χ3v) is 4.41. The summed E-state index contributed by atoms with van der Waals surface area (Å²) in [5, 5.41) is 2.06. The van der Waals surface area contributed by atoms with Crippen LogP contribution in [0.4, 0.5) is 4.79 Å². The van der Waals surface area contributed by atoms with Crippen LogP contribution in [0.5, 0.6) is 5.75 Å². The molecule has 0 aromatic heterocycles. The molecule has 2 aromatic rings. The van der Waals surface area contributed by atoms with E-state index >= 15 is 0 Å². The van der Waals surface area contributed by atoms with Crippen LogP contribution in [0.2, 0.25) is 0 Å². The molecule has 0 unspecified atom stereocenters. The first-order valence-corrected chi connectivity index (χ1v) is 9.00. The Morgan fingerprint density at radius 3 is 2.48 bits per heavy atom. The lowest BCUT2D eigenvalue weighted by Crippen LogP contribution is -2.44. The molecule has 144 valence electrons. The van der Waals surface area contributed by atoms with Gasteiger partial charge in [-0.15, -0.1) is 0 Å². The highest BCUT2D eigenvalue weighted by Gasteiger charge is 2.43. The molecule has 1 amide bonds. The zero-order valence-electron chi connectivity index (χ0n) is 16.1. The van der Waals surface area contributed by atoms with E-state index in [2.05, 4.69) is 0 Å². The van der Waals surface area contributed by atoms with E-state index in [1.807, 2.05) is 42.5 Å². The number of carbonyl (C=O) groups excluding carboxylic acids is 2. The van der Waals surface area contributed by atoms with E-state index in [4.69, 9.17) is 14.2 Å². The lowest BCUT2D eigenvalue weighted by atomic mass is 10.1. The monoisotopic (exact) mass is 371 g/mol. The van der Waals surface area contributed by atoms with Gasteiger partial charge in [-0.3, -0.25) is 4.90 Å². The number of nitrogens with zero attached hydrogens (tertiary/aromatic N) is 1. The maximum Gasteiger partial charge on any atom is 0.411 e. The fourth-order valence-corrected chi connectivity index (χ4v) is 3.24. The summed E-state index contributed by atoms with van der Waals surface area (Å²) in [5.41, 5.74) is -0.646. The van der Waals surface area contributed by atoms with Gasteiger partial charge in [0.2, 0.25) is 0 Å². The van der Waals surface area contributed by atoms with Crippen molar-refractivity contribution >= 4 is 22.8 Å². The number of likely N-dealkylation sites (tertiary alicyclic amines) is 1. The summed E-state index contributed by atoms with van der Waals surface area (Å²) < 4.78 is 16.5. The molecule has 0 N–H and O–H groups in total. The first-order valence-electron chi connectivity index (χ1n) is 9.00. The van der Waals surface area contributed by atoms with Crippen molar-refractivity contribution in [3.05, 3.63) is 42.5 Å². The normalized spacial score (nSPS) is 19.8. The van der Waals surface area contributed by atoms with Crippen molar-refractivity contribution in [1.29, 1.82) is 0 Å².